The van der Waals surface area contributed by atoms with Crippen molar-refractivity contribution < 1.29 is 9.18 Å². The number of carbonyl (C=O) groups is 1. The van der Waals surface area contributed by atoms with Gasteiger partial charge in [0, 0.05) is 28.7 Å². The van der Waals surface area contributed by atoms with Gasteiger partial charge in [0.15, 0.2) is 0 Å². The first-order valence-electron chi connectivity index (χ1n) is 7.75. The molecule has 0 fully saturated rings. The zero-order valence-corrected chi connectivity index (χ0v) is 15.5. The summed E-state index contributed by atoms with van der Waals surface area (Å²) in [5, 5.41) is 0.963. The van der Waals surface area contributed by atoms with Crippen molar-refractivity contribution in [3.63, 3.8) is 0 Å². The van der Waals surface area contributed by atoms with Crippen LogP contribution in [0.5, 0.6) is 0 Å². The highest BCUT2D eigenvalue weighted by atomic mass is 35.5. The molecule has 0 radical (unpaired) electrons. The van der Waals surface area contributed by atoms with Crippen LogP contribution in [0.2, 0.25) is 10.0 Å². The molecule has 2 aromatic carbocycles. The van der Waals surface area contributed by atoms with Crippen molar-refractivity contribution in [2.45, 2.75) is 32.7 Å². The minimum Gasteiger partial charge on any atom is -0.338 e. The van der Waals surface area contributed by atoms with Gasteiger partial charge in [-0.15, -0.1) is 0 Å². The molecule has 0 aliphatic carbocycles. The number of halogens is 3. The number of rotatable bonds is 5. The number of hydrogen-bond donors (Lipinski definition) is 0. The molecule has 2 rings (SSSR count). The van der Waals surface area contributed by atoms with Crippen LogP contribution in [0, 0.1) is 5.82 Å². The molecule has 0 aliphatic heterocycles. The highest BCUT2D eigenvalue weighted by molar-refractivity contribution is 6.30. The minimum atomic E-state index is -0.989. The zero-order valence-electron chi connectivity index (χ0n) is 13.9. The summed E-state index contributed by atoms with van der Waals surface area (Å²) in [4.78, 5) is 14.7. The second-order valence-corrected chi connectivity index (χ2v) is 7.07. The Morgan fingerprint density at radius 3 is 2.21 bits per heavy atom. The van der Waals surface area contributed by atoms with Crippen LogP contribution in [-0.2, 0) is 16.8 Å². The molecule has 1 amide bonds. The summed E-state index contributed by atoms with van der Waals surface area (Å²) in [5.74, 6) is -0.607. The Hall–Kier alpha value is -1.58. The molecule has 0 N–H and O–H groups in total. The van der Waals surface area contributed by atoms with E-state index in [-0.39, 0.29) is 5.91 Å². The molecular weight excluding hydrogens is 348 g/mol. The third-order valence-electron chi connectivity index (χ3n) is 4.09. The summed E-state index contributed by atoms with van der Waals surface area (Å²) >= 11 is 11.7. The molecule has 0 unspecified atom stereocenters. The van der Waals surface area contributed by atoms with Crippen molar-refractivity contribution in [3.05, 3.63) is 69.5 Å². The number of carbonyl (C=O) groups excluding carboxylic acids is 1. The van der Waals surface area contributed by atoms with Crippen molar-refractivity contribution in [3.8, 4) is 0 Å². The van der Waals surface area contributed by atoms with E-state index < -0.39 is 11.2 Å². The van der Waals surface area contributed by atoms with Gasteiger partial charge in [0.1, 0.15) is 5.82 Å². The summed E-state index contributed by atoms with van der Waals surface area (Å²) in [6.07, 6.45) is 0. The molecule has 0 aliphatic rings. The summed E-state index contributed by atoms with van der Waals surface area (Å²) in [6.45, 7) is 6.34. The molecule has 0 spiro atoms. The zero-order chi connectivity index (χ0) is 17.9. The molecule has 0 atom stereocenters. The fourth-order valence-corrected chi connectivity index (χ4v) is 2.93. The first-order chi connectivity index (χ1) is 11.3. The van der Waals surface area contributed by atoms with Gasteiger partial charge >= 0.3 is 0 Å². The van der Waals surface area contributed by atoms with Gasteiger partial charge in [-0.3, -0.25) is 4.79 Å². The molecule has 2 nitrogen and oxygen atoms in total. The third-order valence-corrected chi connectivity index (χ3v) is 4.58. The van der Waals surface area contributed by atoms with Gasteiger partial charge in [-0.25, -0.2) is 4.39 Å². The predicted molar refractivity (Wildman–Crippen MR) is 97.0 cm³/mol. The number of amides is 1. The van der Waals surface area contributed by atoms with Gasteiger partial charge in [0.05, 0.1) is 5.41 Å². The molecule has 0 aromatic heterocycles. The van der Waals surface area contributed by atoms with Crippen LogP contribution in [-0.4, -0.2) is 17.4 Å². The maximum Gasteiger partial charge on any atom is 0.233 e. The Bertz CT molecular complexity index is 729. The van der Waals surface area contributed by atoms with Crippen LogP contribution in [0.25, 0.3) is 0 Å². The Morgan fingerprint density at radius 2 is 1.67 bits per heavy atom. The molecule has 0 heterocycles. The second kappa shape index (κ2) is 7.54. The van der Waals surface area contributed by atoms with E-state index in [1.807, 2.05) is 19.1 Å². The van der Waals surface area contributed by atoms with Gasteiger partial charge in [-0.1, -0.05) is 41.4 Å². The van der Waals surface area contributed by atoms with E-state index in [0.717, 1.165) is 5.56 Å². The van der Waals surface area contributed by atoms with E-state index in [0.29, 0.717) is 28.7 Å². The van der Waals surface area contributed by atoms with Gasteiger partial charge in [0.2, 0.25) is 5.91 Å². The third kappa shape index (κ3) is 4.08. The van der Waals surface area contributed by atoms with Crippen molar-refractivity contribution in [1.82, 2.24) is 4.90 Å². The maximum absolute atomic E-state index is 14.3. The quantitative estimate of drug-likeness (QED) is 0.686. The van der Waals surface area contributed by atoms with Crippen molar-refractivity contribution in [2.75, 3.05) is 6.54 Å². The van der Waals surface area contributed by atoms with Gasteiger partial charge in [-0.2, -0.15) is 0 Å². The van der Waals surface area contributed by atoms with E-state index in [4.69, 9.17) is 23.2 Å². The van der Waals surface area contributed by atoms with Gasteiger partial charge in [-0.05, 0) is 50.6 Å². The molecule has 128 valence electrons. The normalized spacial score (nSPS) is 11.4. The maximum atomic E-state index is 14.3. The Labute approximate surface area is 152 Å². The summed E-state index contributed by atoms with van der Waals surface area (Å²) in [6, 6.07) is 11.8. The summed E-state index contributed by atoms with van der Waals surface area (Å²) in [5.41, 5.74) is 0.324. The minimum absolute atomic E-state index is 0.138. The highest BCUT2D eigenvalue weighted by Gasteiger charge is 2.35. The molecule has 0 saturated carbocycles. The first kappa shape index (κ1) is 18.8. The van der Waals surface area contributed by atoms with Crippen LogP contribution >= 0.6 is 23.2 Å². The Balaban J connectivity index is 2.27. The summed E-state index contributed by atoms with van der Waals surface area (Å²) in [7, 11) is 0. The van der Waals surface area contributed by atoms with E-state index >= 15 is 0 Å². The van der Waals surface area contributed by atoms with E-state index in [1.165, 1.54) is 6.07 Å². The second-order valence-electron chi connectivity index (χ2n) is 6.19. The average molecular weight is 368 g/mol. The molecule has 0 bridgehead atoms. The van der Waals surface area contributed by atoms with E-state index in [1.54, 1.807) is 43.0 Å². The predicted octanol–water partition coefficient (Wildman–Crippen LogP) is 5.46. The Morgan fingerprint density at radius 1 is 1.08 bits per heavy atom. The smallest absolute Gasteiger partial charge is 0.233 e. The molecule has 0 saturated heterocycles. The first-order valence-corrected chi connectivity index (χ1v) is 8.50. The van der Waals surface area contributed by atoms with Crippen molar-refractivity contribution in [2.24, 2.45) is 0 Å². The van der Waals surface area contributed by atoms with E-state index in [2.05, 4.69) is 0 Å². The van der Waals surface area contributed by atoms with Crippen LogP contribution in [0.4, 0.5) is 4.39 Å². The fourth-order valence-electron chi connectivity index (χ4n) is 2.64. The lowest BCUT2D eigenvalue weighted by atomic mass is 9.82. The number of nitrogens with zero attached hydrogens (tertiary/aromatic N) is 1. The van der Waals surface area contributed by atoms with Gasteiger partial charge in [0.25, 0.3) is 0 Å². The average Bonchev–Trinajstić information content (AvgIpc) is 2.53. The lowest BCUT2D eigenvalue weighted by Crippen LogP contribution is -2.43. The van der Waals surface area contributed by atoms with Crippen molar-refractivity contribution in [1.29, 1.82) is 0 Å². The topological polar surface area (TPSA) is 20.3 Å². The number of benzene rings is 2. The molecule has 24 heavy (non-hydrogen) atoms. The van der Waals surface area contributed by atoms with Crippen LogP contribution < -0.4 is 0 Å². The number of likely N-dealkylation sites (N-methyl/N-ethyl adjacent to an activating group) is 1. The summed E-state index contributed by atoms with van der Waals surface area (Å²) < 4.78 is 14.3. The largest absolute Gasteiger partial charge is 0.338 e. The number of hydrogen-bond acceptors (Lipinski definition) is 1. The van der Waals surface area contributed by atoms with E-state index in [9.17, 15) is 9.18 Å². The SMILES string of the molecule is CCN(Cc1ccc(Cl)cc1)C(=O)C(C)(C)c1ccc(Cl)cc1F. The van der Waals surface area contributed by atoms with Crippen LogP contribution in [0.15, 0.2) is 42.5 Å². The lowest BCUT2D eigenvalue weighted by Gasteiger charge is -2.32. The lowest BCUT2D eigenvalue weighted by molar-refractivity contribution is -0.136. The van der Waals surface area contributed by atoms with Crippen LogP contribution in [0.1, 0.15) is 31.9 Å². The highest BCUT2D eigenvalue weighted by Crippen LogP contribution is 2.30. The van der Waals surface area contributed by atoms with Crippen molar-refractivity contribution >= 4 is 29.1 Å². The fraction of sp³-hybridized carbons (Fsp3) is 0.316. The molecular formula is C19H20Cl2FNO. The van der Waals surface area contributed by atoms with Crippen LogP contribution in [0.3, 0.4) is 0 Å². The monoisotopic (exact) mass is 367 g/mol. The Kier molecular flexibility index (Phi) is 5.89. The standard InChI is InChI=1S/C19H20Cl2FNO/c1-4-23(12-13-5-7-14(20)8-6-13)18(24)19(2,3)16-10-9-15(21)11-17(16)22/h5-11H,4,12H2,1-3H3. The molecule has 5 heteroatoms. The molecule has 2 aromatic rings. The van der Waals surface area contributed by atoms with Gasteiger partial charge < -0.3 is 4.90 Å².